The summed E-state index contributed by atoms with van der Waals surface area (Å²) < 4.78 is 96.1. The molecule has 0 saturated heterocycles. The van der Waals surface area contributed by atoms with Gasteiger partial charge in [0.2, 0.25) is 0 Å². The second-order valence-electron chi connectivity index (χ2n) is 4.64. The van der Waals surface area contributed by atoms with Crippen molar-refractivity contribution in [2.24, 2.45) is 0 Å². The van der Waals surface area contributed by atoms with E-state index in [-0.39, 0.29) is 83.4 Å². The molecule has 0 aromatic rings. The summed E-state index contributed by atoms with van der Waals surface area (Å²) in [4.78, 5) is 0. The van der Waals surface area contributed by atoms with Gasteiger partial charge in [-0.3, -0.25) is 0 Å². The minimum atomic E-state index is -4.89. The minimum absolute atomic E-state index is 0. The van der Waals surface area contributed by atoms with E-state index in [1.54, 1.807) is 0 Å². The fourth-order valence-electron chi connectivity index (χ4n) is 0. The maximum Gasteiger partial charge on any atom is 0.439 e. The molecule has 0 saturated carbocycles. The maximum absolute atomic E-state index is 10.7. The van der Waals surface area contributed by atoms with Crippen LogP contribution in [0, 0.1) is 0 Å². The number of aliphatic hydroxyl groups is 12. The van der Waals surface area contributed by atoms with Crippen molar-refractivity contribution in [2.45, 2.75) is 77.0 Å². The van der Waals surface area contributed by atoms with Gasteiger partial charge >= 0.3 is 18.5 Å². The molecule has 0 unspecified atom stereocenters. The van der Waals surface area contributed by atoms with E-state index in [0.29, 0.717) is 0 Å². The van der Waals surface area contributed by atoms with Gasteiger partial charge in [0.15, 0.2) is 0 Å². The summed E-state index contributed by atoms with van der Waals surface area (Å²) in [6.07, 6.45) is -27.8. The molecule has 0 amide bonds. The van der Waals surface area contributed by atoms with Gasteiger partial charge in [-0.25, -0.2) is 0 Å². The van der Waals surface area contributed by atoms with Crippen molar-refractivity contribution >= 4 is 0 Å². The van der Waals surface area contributed by atoms with Crippen molar-refractivity contribution in [3.05, 3.63) is 0 Å². The Balaban J connectivity index is -0.0000000254. The molecule has 0 aromatic heterocycles. The van der Waals surface area contributed by atoms with Crippen LogP contribution in [0.25, 0.3) is 0 Å². The van der Waals surface area contributed by atoms with E-state index < -0.39 is 56.3 Å². The van der Waals surface area contributed by atoms with Crippen molar-refractivity contribution in [1.82, 2.24) is 0 Å². The van der Waals surface area contributed by atoms with Crippen LogP contribution in [0.5, 0.6) is 0 Å². The van der Waals surface area contributed by atoms with Gasteiger partial charge in [0.1, 0.15) is 18.9 Å². The van der Waals surface area contributed by atoms with Gasteiger partial charge in [0, 0.05) is 77.9 Å². The molecule has 0 rings (SSSR count). The Bertz CT molecular complexity index is 338. The maximum atomic E-state index is 10.7. The van der Waals surface area contributed by atoms with E-state index in [4.69, 9.17) is 61.3 Å². The fraction of sp³-hybridized carbons (Fsp3) is 1.00. The van der Waals surface area contributed by atoms with Crippen molar-refractivity contribution in [3.8, 4) is 0 Å². The Labute approximate surface area is 260 Å². The molecule has 0 spiro atoms. The summed E-state index contributed by atoms with van der Waals surface area (Å²) in [5.74, 6) is 0. The van der Waals surface area contributed by atoms with Gasteiger partial charge in [-0.2, -0.15) is 39.5 Å². The molecule has 0 atom stereocenters. The second kappa shape index (κ2) is 38.3. The Morgan fingerprint density at radius 2 is 0.368 bits per heavy atom. The molecule has 0 aliphatic rings. The first-order valence-electron chi connectivity index (χ1n) is 7.40. The standard InChI is InChI=1S/3C2H3F3O2.3C2H6O2.H2O.4Zn/c3*3-2(4,5)1(6)7;3*1-2(3)4;;;;;/h3*1,6-7H;3*2-4H,1H3;1H2;;;;. The predicted octanol–water partition coefficient (Wildman–Crippen LogP) is -3.31. The third-order valence-corrected chi connectivity index (χ3v) is 0.878. The van der Waals surface area contributed by atoms with Gasteiger partial charge in [-0.15, -0.1) is 0 Å². The first-order chi connectivity index (χ1) is 14.0. The topological polar surface area (TPSA) is 274 Å². The Hall–Kier alpha value is 1.34. The third-order valence-electron chi connectivity index (χ3n) is 0.878. The molecule has 0 fully saturated rings. The zero-order chi connectivity index (χ0) is 29.0. The number of alkyl halides is 9. The second-order valence-corrected chi connectivity index (χ2v) is 4.64. The Kier molecular flexibility index (Phi) is 72.7. The monoisotopic (exact) mass is 808 g/mol. The summed E-state index contributed by atoms with van der Waals surface area (Å²) in [5.41, 5.74) is 0. The van der Waals surface area contributed by atoms with Crippen LogP contribution in [-0.4, -0.2) is 123 Å². The van der Waals surface area contributed by atoms with Crippen molar-refractivity contribution in [1.29, 1.82) is 0 Å². The average Bonchev–Trinajstić information content (AvgIpc) is 2.43. The van der Waals surface area contributed by atoms with Crippen molar-refractivity contribution in [2.75, 3.05) is 0 Å². The number of aliphatic hydroxyl groups excluding tert-OH is 6. The minimum Gasteiger partial charge on any atom is -0.412 e. The molecular formula is C12H29F9O13Zn4. The summed E-state index contributed by atoms with van der Waals surface area (Å²) in [5, 5.41) is 89.6. The molecular weight excluding hydrogens is 785 g/mol. The summed E-state index contributed by atoms with van der Waals surface area (Å²) >= 11 is 0. The van der Waals surface area contributed by atoms with Crippen molar-refractivity contribution in [3.63, 3.8) is 0 Å². The first kappa shape index (κ1) is 72.0. The van der Waals surface area contributed by atoms with Crippen LogP contribution in [0.2, 0.25) is 0 Å². The van der Waals surface area contributed by atoms with E-state index in [0.717, 1.165) is 0 Å². The first-order valence-corrected chi connectivity index (χ1v) is 7.40. The van der Waals surface area contributed by atoms with Crippen LogP contribution in [-0.2, 0) is 77.9 Å². The van der Waals surface area contributed by atoms with Crippen molar-refractivity contribution < 1.29 is 184 Å². The van der Waals surface area contributed by atoms with Gasteiger partial charge in [0.25, 0.3) is 18.9 Å². The van der Waals surface area contributed by atoms with Crippen LogP contribution in [0.4, 0.5) is 39.5 Å². The van der Waals surface area contributed by atoms with Crippen LogP contribution in [0.3, 0.4) is 0 Å². The molecule has 0 heterocycles. The largest absolute Gasteiger partial charge is 0.439 e. The molecule has 226 valence electrons. The van der Waals surface area contributed by atoms with Gasteiger partial charge < -0.3 is 66.8 Å². The van der Waals surface area contributed by atoms with Crippen LogP contribution >= 0.6 is 0 Å². The van der Waals surface area contributed by atoms with Gasteiger partial charge in [0.05, 0.1) is 0 Å². The predicted molar refractivity (Wildman–Crippen MR) is 88.2 cm³/mol. The van der Waals surface area contributed by atoms with E-state index in [2.05, 4.69) is 0 Å². The smallest absolute Gasteiger partial charge is 0.412 e. The van der Waals surface area contributed by atoms with E-state index in [1.807, 2.05) is 0 Å². The molecule has 13 nitrogen and oxygen atoms in total. The van der Waals surface area contributed by atoms with E-state index in [9.17, 15) is 39.5 Å². The zero-order valence-electron chi connectivity index (χ0n) is 20.1. The van der Waals surface area contributed by atoms with Crippen LogP contribution in [0.15, 0.2) is 0 Å². The van der Waals surface area contributed by atoms with Gasteiger partial charge in [-0.1, -0.05) is 0 Å². The number of hydrogen-bond donors (Lipinski definition) is 12. The summed E-state index contributed by atoms with van der Waals surface area (Å²) in [6, 6.07) is 0. The molecule has 0 aliphatic heterocycles. The SMILES string of the molecule is CC(O)O.CC(O)O.CC(O)O.O.OC(O)C(F)(F)F.OC(O)C(F)(F)F.OC(O)C(F)(F)F.[Zn].[Zn].[Zn].[Zn]. The third kappa shape index (κ3) is 132. The van der Waals surface area contributed by atoms with E-state index >= 15 is 0 Å². The summed E-state index contributed by atoms with van der Waals surface area (Å²) in [7, 11) is 0. The molecule has 0 bridgehead atoms. The molecule has 38 heavy (non-hydrogen) atoms. The summed E-state index contributed by atoms with van der Waals surface area (Å²) in [6.45, 7) is 3.83. The fourth-order valence-corrected chi connectivity index (χ4v) is 0. The number of rotatable bonds is 0. The Morgan fingerprint density at radius 3 is 0.368 bits per heavy atom. The van der Waals surface area contributed by atoms with Gasteiger partial charge in [-0.05, 0) is 20.8 Å². The molecule has 26 heteroatoms. The molecule has 0 aromatic carbocycles. The average molecular weight is 814 g/mol. The molecule has 0 aliphatic carbocycles. The normalized spacial score (nSPS) is 9.95. The van der Waals surface area contributed by atoms with Crippen LogP contribution < -0.4 is 0 Å². The molecule has 0 radical (unpaired) electrons. The Morgan fingerprint density at radius 1 is 0.342 bits per heavy atom. The van der Waals surface area contributed by atoms with Crippen LogP contribution in [0.1, 0.15) is 20.8 Å². The number of hydrogen-bond acceptors (Lipinski definition) is 12. The van der Waals surface area contributed by atoms with E-state index in [1.165, 1.54) is 20.8 Å². The molecule has 14 N–H and O–H groups in total. The quantitative estimate of drug-likeness (QED) is 0.0652. The number of halogens is 9. The zero-order valence-corrected chi connectivity index (χ0v) is 31.9.